The summed E-state index contributed by atoms with van der Waals surface area (Å²) in [6.07, 6.45) is 2.22. The predicted molar refractivity (Wildman–Crippen MR) is 83.0 cm³/mol. The lowest BCUT2D eigenvalue weighted by Crippen LogP contribution is -2.41. The number of rotatable bonds is 9. The predicted octanol–water partition coefficient (Wildman–Crippen LogP) is 2.18. The molecule has 1 aromatic rings. The second-order valence-electron chi connectivity index (χ2n) is 5.16. The van der Waals surface area contributed by atoms with Gasteiger partial charge >= 0.3 is 0 Å². The second-order valence-corrected chi connectivity index (χ2v) is 5.16. The Morgan fingerprint density at radius 2 is 2.00 bits per heavy atom. The summed E-state index contributed by atoms with van der Waals surface area (Å²) in [6.45, 7) is 5.88. The molecule has 0 aliphatic rings. The maximum absolute atomic E-state index is 9.33. The van der Waals surface area contributed by atoms with Crippen LogP contribution in [0.15, 0.2) is 24.3 Å². The number of hydrogen-bond donors (Lipinski definition) is 2. The van der Waals surface area contributed by atoms with Gasteiger partial charge in [0.15, 0.2) is 0 Å². The minimum absolute atomic E-state index is 0.0327. The first-order valence-electron chi connectivity index (χ1n) is 7.39. The highest BCUT2D eigenvalue weighted by Gasteiger charge is 2.25. The van der Waals surface area contributed by atoms with E-state index in [9.17, 15) is 5.11 Å². The minimum atomic E-state index is -0.0327. The molecule has 0 aliphatic carbocycles. The van der Waals surface area contributed by atoms with E-state index < -0.39 is 0 Å². The molecule has 0 bridgehead atoms. The van der Waals surface area contributed by atoms with E-state index in [1.165, 1.54) is 0 Å². The van der Waals surface area contributed by atoms with Crippen molar-refractivity contribution >= 4 is 0 Å². The first-order chi connectivity index (χ1) is 9.65. The van der Waals surface area contributed by atoms with E-state index in [2.05, 4.69) is 17.9 Å². The lowest BCUT2D eigenvalue weighted by molar-refractivity contribution is 0.133. The van der Waals surface area contributed by atoms with E-state index in [4.69, 9.17) is 10.5 Å². The van der Waals surface area contributed by atoms with E-state index in [0.717, 1.165) is 30.7 Å². The van der Waals surface area contributed by atoms with Crippen LogP contribution in [-0.4, -0.2) is 42.9 Å². The molecular formula is C16H28N2O2. The topological polar surface area (TPSA) is 58.7 Å². The molecule has 4 heteroatoms. The number of para-hydroxylation sites is 1. The molecular weight excluding hydrogens is 252 g/mol. The van der Waals surface area contributed by atoms with E-state index in [0.29, 0.717) is 6.54 Å². The van der Waals surface area contributed by atoms with Gasteiger partial charge in [-0.2, -0.15) is 0 Å². The van der Waals surface area contributed by atoms with Gasteiger partial charge in [-0.3, -0.25) is 4.90 Å². The minimum Gasteiger partial charge on any atom is -0.496 e. The van der Waals surface area contributed by atoms with E-state index in [1.807, 2.05) is 25.1 Å². The molecule has 0 aliphatic heterocycles. The monoisotopic (exact) mass is 280 g/mol. The van der Waals surface area contributed by atoms with Gasteiger partial charge < -0.3 is 15.6 Å². The molecule has 0 fully saturated rings. The number of unbranched alkanes of at least 4 members (excludes halogenated alkanes) is 1. The van der Waals surface area contributed by atoms with Crippen molar-refractivity contribution < 1.29 is 9.84 Å². The first-order valence-corrected chi connectivity index (χ1v) is 7.39. The lowest BCUT2D eigenvalue weighted by Gasteiger charge is -2.35. The van der Waals surface area contributed by atoms with Crippen molar-refractivity contribution in [3.63, 3.8) is 0 Å². The summed E-state index contributed by atoms with van der Waals surface area (Å²) in [6, 6.07) is 8.01. The van der Waals surface area contributed by atoms with Gasteiger partial charge in [-0.1, -0.05) is 31.5 Å². The second kappa shape index (κ2) is 8.95. The molecule has 0 saturated carbocycles. The van der Waals surface area contributed by atoms with Gasteiger partial charge in [0.05, 0.1) is 19.8 Å². The summed E-state index contributed by atoms with van der Waals surface area (Å²) in [5.41, 5.74) is 7.31. The number of ether oxygens (including phenoxy) is 1. The van der Waals surface area contributed by atoms with Crippen LogP contribution in [0.2, 0.25) is 0 Å². The van der Waals surface area contributed by atoms with E-state index in [1.54, 1.807) is 7.11 Å². The Morgan fingerprint density at radius 1 is 1.30 bits per heavy atom. The number of hydrogen-bond acceptors (Lipinski definition) is 4. The molecule has 0 amide bonds. The molecule has 1 aromatic carbocycles. The summed E-state index contributed by atoms with van der Waals surface area (Å²) < 4.78 is 5.46. The zero-order valence-electron chi connectivity index (χ0n) is 12.9. The van der Waals surface area contributed by atoms with Crippen molar-refractivity contribution in [2.75, 3.05) is 26.8 Å². The molecule has 0 radical (unpaired) electrons. The number of nitrogens with zero attached hydrogens (tertiary/aromatic N) is 1. The van der Waals surface area contributed by atoms with Gasteiger partial charge in [-0.25, -0.2) is 0 Å². The SMILES string of the molecule is CCCCN(CCO)C(c1ccccc1OC)C(C)N. The Kier molecular flexibility index (Phi) is 7.59. The molecule has 0 spiro atoms. The van der Waals surface area contributed by atoms with Gasteiger partial charge in [0.2, 0.25) is 0 Å². The maximum Gasteiger partial charge on any atom is 0.123 e. The van der Waals surface area contributed by atoms with Gasteiger partial charge in [0.1, 0.15) is 5.75 Å². The van der Waals surface area contributed by atoms with Crippen LogP contribution in [-0.2, 0) is 0 Å². The number of aliphatic hydroxyl groups excluding tert-OH is 1. The summed E-state index contributed by atoms with van der Waals surface area (Å²) in [5.74, 6) is 0.856. The largest absolute Gasteiger partial charge is 0.496 e. The molecule has 2 atom stereocenters. The van der Waals surface area contributed by atoms with Crippen molar-refractivity contribution in [1.29, 1.82) is 0 Å². The third-order valence-corrected chi connectivity index (χ3v) is 3.54. The molecule has 2 unspecified atom stereocenters. The van der Waals surface area contributed by atoms with E-state index >= 15 is 0 Å². The lowest BCUT2D eigenvalue weighted by atomic mass is 9.97. The molecule has 0 aromatic heterocycles. The van der Waals surface area contributed by atoms with Crippen molar-refractivity contribution in [1.82, 2.24) is 4.90 Å². The van der Waals surface area contributed by atoms with Crippen LogP contribution in [0.4, 0.5) is 0 Å². The van der Waals surface area contributed by atoms with Crippen LogP contribution in [0.25, 0.3) is 0 Å². The summed E-state index contributed by atoms with van der Waals surface area (Å²) in [4.78, 5) is 2.26. The normalized spacial score (nSPS) is 14.3. The fourth-order valence-corrected chi connectivity index (χ4v) is 2.60. The third kappa shape index (κ3) is 4.47. The van der Waals surface area contributed by atoms with Gasteiger partial charge in [0, 0.05) is 18.2 Å². The Balaban J connectivity index is 3.06. The fraction of sp³-hybridized carbons (Fsp3) is 0.625. The Bertz CT molecular complexity index is 382. The maximum atomic E-state index is 9.33. The molecule has 1 rings (SSSR count). The number of nitrogens with two attached hydrogens (primary N) is 1. The molecule has 0 saturated heterocycles. The van der Waals surface area contributed by atoms with Gasteiger partial charge in [-0.05, 0) is 26.0 Å². The van der Waals surface area contributed by atoms with Gasteiger partial charge in [-0.15, -0.1) is 0 Å². The molecule has 20 heavy (non-hydrogen) atoms. The fourth-order valence-electron chi connectivity index (χ4n) is 2.60. The molecule has 3 N–H and O–H groups in total. The highest BCUT2D eigenvalue weighted by atomic mass is 16.5. The smallest absolute Gasteiger partial charge is 0.123 e. The molecule has 0 heterocycles. The Labute approximate surface area is 122 Å². The van der Waals surface area contributed by atoms with Crippen molar-refractivity contribution in [3.05, 3.63) is 29.8 Å². The highest BCUT2D eigenvalue weighted by Crippen LogP contribution is 2.31. The Morgan fingerprint density at radius 3 is 2.55 bits per heavy atom. The number of methoxy groups -OCH3 is 1. The summed E-state index contributed by atoms with van der Waals surface area (Å²) in [5, 5.41) is 9.33. The van der Waals surface area contributed by atoms with Crippen molar-refractivity contribution in [2.45, 2.75) is 38.8 Å². The average molecular weight is 280 g/mol. The van der Waals surface area contributed by atoms with Crippen LogP contribution in [0, 0.1) is 0 Å². The third-order valence-electron chi connectivity index (χ3n) is 3.54. The summed E-state index contributed by atoms with van der Waals surface area (Å²) in [7, 11) is 1.68. The quantitative estimate of drug-likeness (QED) is 0.728. The standard InChI is InChI=1S/C16H28N2O2/c1-4-5-10-18(11-12-19)16(13(2)17)14-8-6-7-9-15(14)20-3/h6-9,13,16,19H,4-5,10-12,17H2,1-3H3. The van der Waals surface area contributed by atoms with Crippen LogP contribution < -0.4 is 10.5 Å². The van der Waals surface area contributed by atoms with Crippen LogP contribution in [0.1, 0.15) is 38.3 Å². The van der Waals surface area contributed by atoms with Crippen LogP contribution in [0.5, 0.6) is 5.75 Å². The summed E-state index contributed by atoms with van der Waals surface area (Å²) >= 11 is 0. The van der Waals surface area contributed by atoms with Crippen molar-refractivity contribution in [3.8, 4) is 5.75 Å². The highest BCUT2D eigenvalue weighted by molar-refractivity contribution is 5.36. The molecule has 114 valence electrons. The average Bonchev–Trinajstić information content (AvgIpc) is 2.45. The first kappa shape index (κ1) is 17.0. The zero-order valence-corrected chi connectivity index (χ0v) is 12.9. The van der Waals surface area contributed by atoms with Gasteiger partial charge in [0.25, 0.3) is 0 Å². The number of aliphatic hydroxyl groups is 1. The number of benzene rings is 1. The molecule has 4 nitrogen and oxygen atoms in total. The zero-order chi connectivity index (χ0) is 15.0. The van der Waals surface area contributed by atoms with Crippen LogP contribution in [0.3, 0.4) is 0 Å². The van der Waals surface area contributed by atoms with Crippen molar-refractivity contribution in [2.24, 2.45) is 5.73 Å². The van der Waals surface area contributed by atoms with Crippen LogP contribution >= 0.6 is 0 Å². The van der Waals surface area contributed by atoms with E-state index in [-0.39, 0.29) is 18.7 Å². The Hall–Kier alpha value is -1.10.